The van der Waals surface area contributed by atoms with Gasteiger partial charge in [0.2, 0.25) is 5.91 Å². The third kappa shape index (κ3) is 2.98. The molecule has 26 heavy (non-hydrogen) atoms. The second-order valence-corrected chi connectivity index (χ2v) is 6.59. The summed E-state index contributed by atoms with van der Waals surface area (Å²) in [6.07, 6.45) is 1.17. The fourth-order valence-corrected chi connectivity index (χ4v) is 3.63. The first kappa shape index (κ1) is 16.4. The molecule has 2 aliphatic rings. The van der Waals surface area contributed by atoms with E-state index in [0.29, 0.717) is 25.3 Å². The maximum absolute atomic E-state index is 12.7. The standard InChI is InChI=1S/C20H21N3O3/c1-26-17-7-4-6-16(12-17)23-13-15(11-19(23)24)21-20(25)22-10-9-14-5-2-3-8-18(14)22/h2-8,12,15H,9-11,13H2,1H3,(H,21,25)/t15-/m1/s1. The molecule has 1 N–H and O–H groups in total. The Kier molecular flexibility index (Phi) is 4.24. The molecule has 6 nitrogen and oxygen atoms in total. The molecule has 1 fully saturated rings. The molecule has 6 heteroatoms. The molecular weight excluding hydrogens is 330 g/mol. The van der Waals surface area contributed by atoms with E-state index >= 15 is 0 Å². The molecule has 0 saturated carbocycles. The van der Waals surface area contributed by atoms with E-state index in [1.807, 2.05) is 48.5 Å². The topological polar surface area (TPSA) is 61.9 Å². The molecule has 0 spiro atoms. The van der Waals surface area contributed by atoms with Crippen LogP contribution >= 0.6 is 0 Å². The number of urea groups is 1. The van der Waals surface area contributed by atoms with Gasteiger partial charge in [0.25, 0.3) is 0 Å². The Morgan fingerprint density at radius 1 is 1.19 bits per heavy atom. The van der Waals surface area contributed by atoms with Gasteiger partial charge in [0.15, 0.2) is 0 Å². The summed E-state index contributed by atoms with van der Waals surface area (Å²) in [5.41, 5.74) is 2.93. The summed E-state index contributed by atoms with van der Waals surface area (Å²) in [4.78, 5) is 28.5. The highest BCUT2D eigenvalue weighted by atomic mass is 16.5. The first-order valence-electron chi connectivity index (χ1n) is 8.76. The monoisotopic (exact) mass is 351 g/mol. The zero-order valence-corrected chi connectivity index (χ0v) is 14.6. The highest BCUT2D eigenvalue weighted by Gasteiger charge is 2.34. The Balaban J connectivity index is 1.44. The van der Waals surface area contributed by atoms with Gasteiger partial charge in [-0.25, -0.2) is 4.79 Å². The first-order chi connectivity index (χ1) is 12.7. The number of benzene rings is 2. The maximum atomic E-state index is 12.7. The van der Waals surface area contributed by atoms with Crippen LogP contribution in [0.5, 0.6) is 5.75 Å². The van der Waals surface area contributed by atoms with Crippen LogP contribution in [0.4, 0.5) is 16.2 Å². The second kappa shape index (κ2) is 6.71. The van der Waals surface area contributed by atoms with Crippen molar-refractivity contribution < 1.29 is 14.3 Å². The number of anilines is 2. The third-order valence-electron chi connectivity index (χ3n) is 4.95. The number of nitrogens with zero attached hydrogens (tertiary/aromatic N) is 2. The molecule has 1 atom stereocenters. The van der Waals surface area contributed by atoms with E-state index in [0.717, 1.165) is 17.8 Å². The number of ether oxygens (including phenoxy) is 1. The van der Waals surface area contributed by atoms with Crippen LogP contribution in [0, 0.1) is 0 Å². The highest BCUT2D eigenvalue weighted by Crippen LogP contribution is 2.28. The Hall–Kier alpha value is -3.02. The van der Waals surface area contributed by atoms with Crippen molar-refractivity contribution in [2.45, 2.75) is 18.9 Å². The molecule has 0 radical (unpaired) electrons. The predicted molar refractivity (Wildman–Crippen MR) is 99.8 cm³/mol. The average Bonchev–Trinajstić information content (AvgIpc) is 3.25. The fourth-order valence-electron chi connectivity index (χ4n) is 3.63. The van der Waals surface area contributed by atoms with Crippen LogP contribution in [0.1, 0.15) is 12.0 Å². The number of para-hydroxylation sites is 1. The molecule has 134 valence electrons. The van der Waals surface area contributed by atoms with Gasteiger partial charge in [-0.05, 0) is 30.2 Å². The van der Waals surface area contributed by atoms with Crippen LogP contribution in [0.2, 0.25) is 0 Å². The van der Waals surface area contributed by atoms with Crippen LogP contribution in [0.15, 0.2) is 48.5 Å². The number of rotatable bonds is 3. The summed E-state index contributed by atoms with van der Waals surface area (Å²) in [7, 11) is 1.60. The zero-order chi connectivity index (χ0) is 18.1. The molecule has 2 aliphatic heterocycles. The van der Waals surface area contributed by atoms with Crippen LogP contribution in [0.25, 0.3) is 0 Å². The van der Waals surface area contributed by atoms with Gasteiger partial charge in [0, 0.05) is 37.0 Å². The van der Waals surface area contributed by atoms with Gasteiger partial charge in [-0.15, -0.1) is 0 Å². The van der Waals surface area contributed by atoms with E-state index in [1.165, 1.54) is 5.56 Å². The molecule has 3 amide bonds. The van der Waals surface area contributed by atoms with Gasteiger partial charge >= 0.3 is 6.03 Å². The number of hydrogen-bond acceptors (Lipinski definition) is 3. The lowest BCUT2D eigenvalue weighted by molar-refractivity contribution is -0.117. The van der Waals surface area contributed by atoms with E-state index < -0.39 is 0 Å². The summed E-state index contributed by atoms with van der Waals surface area (Å²) >= 11 is 0. The molecule has 0 unspecified atom stereocenters. The highest BCUT2D eigenvalue weighted by molar-refractivity contribution is 5.98. The Labute approximate surface area is 152 Å². The number of fused-ring (bicyclic) bond motifs is 1. The van der Waals surface area contributed by atoms with Gasteiger partial charge in [-0.3, -0.25) is 9.69 Å². The summed E-state index contributed by atoms with van der Waals surface area (Å²) in [6.45, 7) is 1.14. The van der Waals surface area contributed by atoms with Gasteiger partial charge in [-0.1, -0.05) is 24.3 Å². The van der Waals surface area contributed by atoms with Crippen molar-refractivity contribution in [3.05, 3.63) is 54.1 Å². The lowest BCUT2D eigenvalue weighted by Crippen LogP contribution is -2.45. The lowest BCUT2D eigenvalue weighted by Gasteiger charge is -2.21. The lowest BCUT2D eigenvalue weighted by atomic mass is 10.2. The number of hydrogen-bond donors (Lipinski definition) is 1. The van der Waals surface area contributed by atoms with E-state index in [9.17, 15) is 9.59 Å². The van der Waals surface area contributed by atoms with Crippen molar-refractivity contribution in [2.24, 2.45) is 0 Å². The van der Waals surface area contributed by atoms with E-state index in [2.05, 4.69) is 5.32 Å². The maximum Gasteiger partial charge on any atom is 0.322 e. The van der Waals surface area contributed by atoms with Crippen molar-refractivity contribution in [2.75, 3.05) is 30.0 Å². The van der Waals surface area contributed by atoms with Crippen molar-refractivity contribution >= 4 is 23.3 Å². The Morgan fingerprint density at radius 3 is 2.88 bits per heavy atom. The summed E-state index contributed by atoms with van der Waals surface area (Å²) < 4.78 is 5.23. The summed E-state index contributed by atoms with van der Waals surface area (Å²) in [5.74, 6) is 0.710. The van der Waals surface area contributed by atoms with E-state index in [1.54, 1.807) is 16.9 Å². The minimum atomic E-state index is -0.200. The molecular formula is C20H21N3O3. The van der Waals surface area contributed by atoms with Crippen LogP contribution in [-0.4, -0.2) is 38.2 Å². The normalized spacial score (nSPS) is 18.8. The van der Waals surface area contributed by atoms with Crippen LogP contribution in [-0.2, 0) is 11.2 Å². The van der Waals surface area contributed by atoms with Crippen molar-refractivity contribution in [3.8, 4) is 5.75 Å². The third-order valence-corrected chi connectivity index (χ3v) is 4.95. The Bertz CT molecular complexity index is 852. The number of nitrogens with one attached hydrogen (secondary N) is 1. The molecule has 0 aromatic heterocycles. The number of carbonyl (C=O) groups excluding carboxylic acids is 2. The van der Waals surface area contributed by atoms with Crippen LogP contribution in [0.3, 0.4) is 0 Å². The second-order valence-electron chi connectivity index (χ2n) is 6.59. The summed E-state index contributed by atoms with van der Waals surface area (Å²) in [6, 6.07) is 15.0. The average molecular weight is 351 g/mol. The van der Waals surface area contributed by atoms with Gasteiger partial charge < -0.3 is 15.0 Å². The fraction of sp³-hybridized carbons (Fsp3) is 0.300. The van der Waals surface area contributed by atoms with Crippen molar-refractivity contribution in [1.82, 2.24) is 5.32 Å². The molecule has 4 rings (SSSR count). The minimum absolute atomic E-state index is 0.00498. The van der Waals surface area contributed by atoms with Gasteiger partial charge in [0.05, 0.1) is 13.2 Å². The SMILES string of the molecule is COc1cccc(N2C[C@H](NC(=O)N3CCc4ccccc43)CC2=O)c1. The van der Waals surface area contributed by atoms with Gasteiger partial charge in [0.1, 0.15) is 5.75 Å². The minimum Gasteiger partial charge on any atom is -0.497 e. The molecule has 0 aliphatic carbocycles. The molecule has 2 aromatic rings. The molecule has 2 heterocycles. The predicted octanol–water partition coefficient (Wildman–Crippen LogP) is 2.57. The van der Waals surface area contributed by atoms with Crippen molar-refractivity contribution in [1.29, 1.82) is 0 Å². The molecule has 0 bridgehead atoms. The molecule has 2 aromatic carbocycles. The van der Waals surface area contributed by atoms with E-state index in [4.69, 9.17) is 4.74 Å². The Morgan fingerprint density at radius 2 is 2.04 bits per heavy atom. The zero-order valence-electron chi connectivity index (χ0n) is 14.6. The van der Waals surface area contributed by atoms with E-state index in [-0.39, 0.29) is 18.0 Å². The quantitative estimate of drug-likeness (QED) is 0.924. The first-order valence-corrected chi connectivity index (χ1v) is 8.76. The van der Waals surface area contributed by atoms with Crippen molar-refractivity contribution in [3.63, 3.8) is 0 Å². The largest absolute Gasteiger partial charge is 0.497 e. The van der Waals surface area contributed by atoms with Crippen LogP contribution < -0.4 is 19.9 Å². The number of amides is 3. The molecule has 1 saturated heterocycles. The smallest absolute Gasteiger partial charge is 0.322 e. The number of methoxy groups -OCH3 is 1. The van der Waals surface area contributed by atoms with Gasteiger partial charge in [-0.2, -0.15) is 0 Å². The number of carbonyl (C=O) groups is 2. The summed E-state index contributed by atoms with van der Waals surface area (Å²) in [5, 5.41) is 3.01.